The summed E-state index contributed by atoms with van der Waals surface area (Å²) in [7, 11) is 0. The summed E-state index contributed by atoms with van der Waals surface area (Å²) < 4.78 is 14.8. The van der Waals surface area contributed by atoms with Gasteiger partial charge < -0.3 is 19.9 Å². The van der Waals surface area contributed by atoms with E-state index in [1.54, 1.807) is 29.2 Å². The Morgan fingerprint density at radius 1 is 1.00 bits per heavy atom. The first kappa shape index (κ1) is 22.9. The van der Waals surface area contributed by atoms with Crippen molar-refractivity contribution in [2.45, 2.75) is 0 Å². The molecule has 4 aromatic rings. The van der Waals surface area contributed by atoms with Crippen LogP contribution in [0.25, 0.3) is 22.3 Å². The molecular weight excluding hydrogens is 471 g/mol. The van der Waals surface area contributed by atoms with Crippen LogP contribution in [0.5, 0.6) is 0 Å². The molecule has 0 radical (unpaired) electrons. The molecular formula is C24H19FN6O5. The van der Waals surface area contributed by atoms with E-state index in [-0.39, 0.29) is 65.6 Å². The van der Waals surface area contributed by atoms with Crippen molar-refractivity contribution in [1.29, 1.82) is 0 Å². The second-order valence-corrected chi connectivity index (χ2v) is 8.16. The number of nitrogens with one attached hydrogen (secondary N) is 2. The van der Waals surface area contributed by atoms with Crippen LogP contribution < -0.4 is 0 Å². The number of pyridine rings is 1. The summed E-state index contributed by atoms with van der Waals surface area (Å²) in [4.78, 5) is 59.5. The summed E-state index contributed by atoms with van der Waals surface area (Å²) >= 11 is 0. The lowest BCUT2D eigenvalue weighted by Gasteiger charge is -2.34. The van der Waals surface area contributed by atoms with Crippen LogP contribution in [-0.4, -0.2) is 84.8 Å². The molecule has 12 heteroatoms. The standard InChI is InChI=1S/C24H19FN6O5/c25-15-12-27-19(16-10-17(24(35)36)29-28-16)20-18(15)14(11-26-20)21(32)23(34)31-8-6-30(7-9-31)22(33)13-4-2-1-3-5-13/h1-5,10-12,26H,6-9H2,(H,28,29)(H,35,36). The fraction of sp³-hybridized carbons (Fsp3) is 0.167. The maximum atomic E-state index is 14.8. The average Bonchev–Trinajstić information content (AvgIpc) is 3.57. The lowest BCUT2D eigenvalue weighted by molar-refractivity contribution is -0.127. The molecule has 1 fully saturated rings. The molecule has 0 aliphatic carbocycles. The van der Waals surface area contributed by atoms with Gasteiger partial charge >= 0.3 is 5.97 Å². The Kier molecular flexibility index (Phi) is 5.76. The van der Waals surface area contributed by atoms with E-state index in [2.05, 4.69) is 20.2 Å². The number of Topliss-reactive ketones (excluding diaryl/α,β-unsaturated/α-hetero) is 1. The Balaban J connectivity index is 1.35. The number of nitrogens with zero attached hydrogens (tertiary/aromatic N) is 4. The largest absolute Gasteiger partial charge is 0.477 e. The van der Waals surface area contributed by atoms with Gasteiger partial charge in [0.1, 0.15) is 17.1 Å². The lowest BCUT2D eigenvalue weighted by Crippen LogP contribution is -2.52. The molecule has 182 valence electrons. The third-order valence-corrected chi connectivity index (χ3v) is 6.03. The van der Waals surface area contributed by atoms with Gasteiger partial charge in [-0.2, -0.15) is 5.10 Å². The SMILES string of the molecule is O=C(O)c1cc(-c2ncc(F)c3c(C(=O)C(=O)N4CCN(C(=O)c5ccccc5)CC4)c[nH]c23)n[nH]1. The van der Waals surface area contributed by atoms with Crippen molar-refractivity contribution in [3.05, 3.63) is 71.4 Å². The number of hydrogen-bond donors (Lipinski definition) is 3. The smallest absolute Gasteiger partial charge is 0.353 e. The minimum absolute atomic E-state index is 0.105. The molecule has 2 amide bonds. The first-order chi connectivity index (χ1) is 17.3. The number of halogens is 1. The van der Waals surface area contributed by atoms with Crippen molar-refractivity contribution < 1.29 is 28.7 Å². The van der Waals surface area contributed by atoms with Gasteiger partial charge in [-0.05, 0) is 12.1 Å². The van der Waals surface area contributed by atoms with Crippen molar-refractivity contribution >= 4 is 34.5 Å². The van der Waals surface area contributed by atoms with Gasteiger partial charge in [0, 0.05) is 44.0 Å². The molecule has 11 nitrogen and oxygen atoms in total. The Bertz CT molecular complexity index is 1500. The van der Waals surface area contributed by atoms with Crippen LogP contribution in [0.4, 0.5) is 4.39 Å². The summed E-state index contributed by atoms with van der Waals surface area (Å²) in [6.45, 7) is 0.834. The number of rotatable bonds is 5. The Morgan fingerprint density at radius 3 is 2.36 bits per heavy atom. The number of amides is 2. The van der Waals surface area contributed by atoms with Crippen LogP contribution >= 0.6 is 0 Å². The van der Waals surface area contributed by atoms with Crippen molar-refractivity contribution in [1.82, 2.24) is 30.0 Å². The quantitative estimate of drug-likeness (QED) is 0.286. The highest BCUT2D eigenvalue weighted by molar-refractivity contribution is 6.45. The number of carbonyl (C=O) groups excluding carboxylic acids is 3. The highest BCUT2D eigenvalue weighted by atomic mass is 19.1. The molecule has 0 unspecified atom stereocenters. The molecule has 5 rings (SSSR count). The molecule has 36 heavy (non-hydrogen) atoms. The molecule has 0 atom stereocenters. The van der Waals surface area contributed by atoms with Gasteiger partial charge in [-0.1, -0.05) is 18.2 Å². The van der Waals surface area contributed by atoms with Crippen molar-refractivity contribution in [2.75, 3.05) is 26.2 Å². The second-order valence-electron chi connectivity index (χ2n) is 8.16. The highest BCUT2D eigenvalue weighted by Gasteiger charge is 2.31. The predicted octanol–water partition coefficient (Wildman–Crippen LogP) is 1.96. The van der Waals surface area contributed by atoms with E-state index in [0.717, 1.165) is 6.20 Å². The summed E-state index contributed by atoms with van der Waals surface area (Å²) in [6, 6.07) is 10.0. The fourth-order valence-electron chi connectivity index (χ4n) is 4.17. The third-order valence-electron chi connectivity index (χ3n) is 6.03. The zero-order valence-electron chi connectivity index (χ0n) is 18.7. The maximum absolute atomic E-state index is 14.8. The number of hydrogen-bond acceptors (Lipinski definition) is 6. The topological polar surface area (TPSA) is 152 Å². The zero-order chi connectivity index (χ0) is 25.4. The third kappa shape index (κ3) is 3.98. The lowest BCUT2D eigenvalue weighted by atomic mass is 10.1. The number of fused-ring (bicyclic) bond motifs is 1. The molecule has 0 saturated carbocycles. The Morgan fingerprint density at radius 2 is 1.69 bits per heavy atom. The maximum Gasteiger partial charge on any atom is 0.353 e. The van der Waals surface area contributed by atoms with Gasteiger partial charge in [-0.15, -0.1) is 0 Å². The van der Waals surface area contributed by atoms with Gasteiger partial charge in [-0.3, -0.25) is 19.5 Å². The van der Waals surface area contributed by atoms with Gasteiger partial charge in [0.25, 0.3) is 17.6 Å². The first-order valence-electron chi connectivity index (χ1n) is 11.0. The second kappa shape index (κ2) is 9.06. The number of aromatic carboxylic acids is 1. The number of aromatic amines is 2. The number of ketones is 1. The van der Waals surface area contributed by atoms with E-state index in [0.29, 0.717) is 5.56 Å². The van der Waals surface area contributed by atoms with Crippen LogP contribution in [0.15, 0.2) is 48.8 Å². The normalized spacial score (nSPS) is 13.7. The van der Waals surface area contributed by atoms with Crippen molar-refractivity contribution in [3.63, 3.8) is 0 Å². The molecule has 1 saturated heterocycles. The number of carbonyl (C=O) groups is 4. The number of benzene rings is 1. The van der Waals surface area contributed by atoms with Gasteiger partial charge in [0.05, 0.1) is 22.7 Å². The van der Waals surface area contributed by atoms with Crippen LogP contribution in [0.1, 0.15) is 31.2 Å². The average molecular weight is 490 g/mol. The number of aromatic nitrogens is 4. The molecule has 1 aliphatic rings. The molecule has 3 aromatic heterocycles. The molecule has 0 bridgehead atoms. The first-order valence-corrected chi connectivity index (χ1v) is 11.0. The van der Waals surface area contributed by atoms with E-state index < -0.39 is 23.5 Å². The predicted molar refractivity (Wildman–Crippen MR) is 124 cm³/mol. The van der Waals surface area contributed by atoms with E-state index >= 15 is 0 Å². The monoisotopic (exact) mass is 490 g/mol. The van der Waals surface area contributed by atoms with Crippen LogP contribution in [-0.2, 0) is 4.79 Å². The van der Waals surface area contributed by atoms with Crippen molar-refractivity contribution in [3.8, 4) is 11.4 Å². The van der Waals surface area contributed by atoms with Crippen molar-refractivity contribution in [2.24, 2.45) is 0 Å². The van der Waals surface area contributed by atoms with Crippen LogP contribution in [0, 0.1) is 5.82 Å². The van der Waals surface area contributed by atoms with Crippen LogP contribution in [0.3, 0.4) is 0 Å². The van der Waals surface area contributed by atoms with E-state index in [4.69, 9.17) is 5.11 Å². The van der Waals surface area contributed by atoms with Gasteiger partial charge in [0.2, 0.25) is 0 Å². The van der Waals surface area contributed by atoms with Crippen LogP contribution in [0.2, 0.25) is 0 Å². The molecule has 1 aromatic carbocycles. The molecule has 0 spiro atoms. The molecule has 3 N–H and O–H groups in total. The van der Waals surface area contributed by atoms with E-state index in [1.807, 2.05) is 6.07 Å². The van der Waals surface area contributed by atoms with E-state index in [1.165, 1.54) is 17.2 Å². The number of carboxylic acid groups (broad SMARTS) is 1. The zero-order valence-corrected chi connectivity index (χ0v) is 18.7. The van der Waals surface area contributed by atoms with Gasteiger partial charge in [0.15, 0.2) is 5.82 Å². The number of piperazine rings is 1. The van der Waals surface area contributed by atoms with Gasteiger partial charge in [-0.25, -0.2) is 14.2 Å². The summed E-state index contributed by atoms with van der Waals surface area (Å²) in [6.07, 6.45) is 2.11. The van der Waals surface area contributed by atoms with E-state index in [9.17, 15) is 23.6 Å². The highest BCUT2D eigenvalue weighted by Crippen LogP contribution is 2.30. The fourth-order valence-corrected chi connectivity index (χ4v) is 4.17. The molecule has 1 aliphatic heterocycles. The summed E-state index contributed by atoms with van der Waals surface area (Å²) in [5.74, 6) is -3.93. The minimum atomic E-state index is -1.23. The minimum Gasteiger partial charge on any atom is -0.477 e. The summed E-state index contributed by atoms with van der Waals surface area (Å²) in [5.41, 5.74) is 0.533. The Labute approximate surface area is 202 Å². The Hall–Kier alpha value is -4.87. The molecule has 4 heterocycles. The number of carboxylic acids is 1. The summed E-state index contributed by atoms with van der Waals surface area (Å²) in [5, 5.41) is 15.2. The number of H-pyrrole nitrogens is 2.